The zero-order valence-electron chi connectivity index (χ0n) is 30.9. The van der Waals surface area contributed by atoms with Gasteiger partial charge in [0.15, 0.2) is 5.82 Å². The minimum absolute atomic E-state index is 0.0359. The van der Waals surface area contributed by atoms with Gasteiger partial charge in [0.1, 0.15) is 35.0 Å². The van der Waals surface area contributed by atoms with Gasteiger partial charge in [-0.15, -0.1) is 6.42 Å². The number of halogens is 4. The van der Waals surface area contributed by atoms with Crippen molar-refractivity contribution in [2.45, 2.75) is 56.2 Å². The van der Waals surface area contributed by atoms with Crippen molar-refractivity contribution < 1.29 is 32.1 Å². The van der Waals surface area contributed by atoms with Crippen LogP contribution in [0.1, 0.15) is 37.7 Å². The van der Waals surface area contributed by atoms with Crippen molar-refractivity contribution in [1.82, 2.24) is 29.5 Å². The van der Waals surface area contributed by atoms with Crippen LogP contribution in [0.3, 0.4) is 0 Å². The molecule has 2 aliphatic carbocycles. The number of aromatic hydroxyl groups is 1. The van der Waals surface area contributed by atoms with E-state index in [-0.39, 0.29) is 76.5 Å². The third kappa shape index (κ3) is 5.22. The maximum absolute atomic E-state index is 17.8. The van der Waals surface area contributed by atoms with Crippen LogP contribution in [0.15, 0.2) is 30.5 Å². The van der Waals surface area contributed by atoms with Crippen LogP contribution in [0.25, 0.3) is 43.7 Å². The fourth-order valence-corrected chi connectivity index (χ4v) is 10.1. The van der Waals surface area contributed by atoms with Crippen LogP contribution >= 0.6 is 0 Å². The first-order valence-corrected chi connectivity index (χ1v) is 18.8. The quantitative estimate of drug-likeness (QED) is 0.149. The Bertz CT molecular complexity index is 2460. The van der Waals surface area contributed by atoms with Gasteiger partial charge in [-0.3, -0.25) is 9.58 Å². The van der Waals surface area contributed by atoms with Crippen LogP contribution in [-0.2, 0) is 11.8 Å². The van der Waals surface area contributed by atoms with E-state index in [4.69, 9.17) is 26.0 Å². The van der Waals surface area contributed by atoms with Crippen molar-refractivity contribution in [1.29, 1.82) is 0 Å². The van der Waals surface area contributed by atoms with E-state index in [0.717, 1.165) is 52.0 Å². The van der Waals surface area contributed by atoms with Crippen molar-refractivity contribution in [3.63, 3.8) is 0 Å². The summed E-state index contributed by atoms with van der Waals surface area (Å²) in [6.07, 6.45) is 11.3. The van der Waals surface area contributed by atoms with E-state index in [1.807, 2.05) is 0 Å². The van der Waals surface area contributed by atoms with Crippen molar-refractivity contribution in [3.05, 3.63) is 47.7 Å². The second kappa shape index (κ2) is 11.9. The van der Waals surface area contributed by atoms with Crippen molar-refractivity contribution in [3.8, 4) is 35.2 Å². The molecule has 2 saturated carbocycles. The van der Waals surface area contributed by atoms with Gasteiger partial charge < -0.3 is 24.4 Å². The summed E-state index contributed by atoms with van der Waals surface area (Å²) in [4.78, 5) is 16.1. The lowest BCUT2D eigenvalue weighted by Crippen LogP contribution is -2.64. The summed E-state index contributed by atoms with van der Waals surface area (Å²) in [5, 5.41) is 17.2. The number of hydrogen-bond acceptors (Lipinski definition) is 9. The minimum atomic E-state index is -2.93. The normalized spacial score (nSPS) is 25.5. The van der Waals surface area contributed by atoms with E-state index in [9.17, 15) is 13.9 Å². The Morgan fingerprint density at radius 3 is 2.40 bits per heavy atom. The molecule has 10 nitrogen and oxygen atoms in total. The first-order valence-electron chi connectivity index (χ1n) is 18.8. The Morgan fingerprint density at radius 2 is 1.76 bits per heavy atom. The average molecular weight is 756 g/mol. The number of phenolic OH excluding ortho intramolecular Hbond substituents is 1. The SMILES string of the molecule is C#Cc1c(F)ccc2cc(O)cc(-c3c(F)c4nc(OC[C@@]5(CN(C)C)CC5(F)F)nc(N5[C@@H]6CC[C@H]5CN(C5CC7(COC7)C5)C6)c4c4cn(C)nc34)c12. The van der Waals surface area contributed by atoms with Crippen molar-refractivity contribution >= 4 is 38.4 Å². The zero-order chi connectivity index (χ0) is 38.2. The molecule has 1 N–H and O–H groups in total. The van der Waals surface area contributed by atoms with Gasteiger partial charge in [-0.2, -0.15) is 15.1 Å². The monoisotopic (exact) mass is 755 g/mol. The number of phenols is 1. The minimum Gasteiger partial charge on any atom is -0.508 e. The molecule has 286 valence electrons. The third-order valence-corrected chi connectivity index (χ3v) is 12.8. The molecule has 3 saturated heterocycles. The average Bonchev–Trinajstić information content (AvgIpc) is 3.28. The predicted octanol–water partition coefficient (Wildman–Crippen LogP) is 6.10. The fraction of sp³-hybridized carbons (Fsp3) is 0.488. The maximum atomic E-state index is 17.8. The molecule has 2 bridgehead atoms. The number of rotatable bonds is 8. The first kappa shape index (κ1) is 34.8. The summed E-state index contributed by atoms with van der Waals surface area (Å²) in [6, 6.07) is 5.89. The molecule has 5 heterocycles. The molecule has 10 rings (SSSR count). The predicted molar refractivity (Wildman–Crippen MR) is 199 cm³/mol. The standard InChI is InChI=1S/C41H41F4N7O3/c1-5-27-30(42)9-6-22-10-26(53)11-28(31(22)27)32-34(43)36-33(29-16-50(4)48-35(29)32)37(47-38(46-36)55-21-40(18-49(2)3)17-41(40,44)45)52-23-7-8-24(52)15-51(14-23)25-12-39(13-25)19-54-20-39/h1,6,9-11,16,23-25,53H,7-8,12-15,17-21H2,2-4H3/t23-,24+,40-/m0/s1. The molecule has 14 heteroatoms. The molecule has 1 spiro atoms. The van der Waals surface area contributed by atoms with E-state index in [1.165, 1.54) is 24.3 Å². The Labute approximate surface area is 315 Å². The molecule has 3 atom stereocenters. The number of aromatic nitrogens is 4. The smallest absolute Gasteiger partial charge is 0.319 e. The van der Waals surface area contributed by atoms with Gasteiger partial charge in [-0.05, 0) is 68.9 Å². The molecule has 0 unspecified atom stereocenters. The molecule has 0 radical (unpaired) electrons. The Kier molecular flexibility index (Phi) is 7.52. The second-order valence-electron chi connectivity index (χ2n) is 17.0. The molecule has 5 aliphatic rings. The number of ether oxygens (including phenoxy) is 2. The summed E-state index contributed by atoms with van der Waals surface area (Å²) < 4.78 is 76.0. The summed E-state index contributed by atoms with van der Waals surface area (Å²) in [7, 11) is 5.19. The number of piperazine rings is 1. The molecule has 5 aromatic rings. The molecule has 55 heavy (non-hydrogen) atoms. The number of terminal acetylenes is 1. The summed E-state index contributed by atoms with van der Waals surface area (Å²) >= 11 is 0. The number of hydrogen-bond donors (Lipinski definition) is 1. The van der Waals surface area contributed by atoms with Crippen molar-refractivity contribution in [2.75, 3.05) is 58.5 Å². The van der Waals surface area contributed by atoms with Gasteiger partial charge in [0.05, 0.1) is 29.6 Å². The highest BCUT2D eigenvalue weighted by atomic mass is 19.3. The van der Waals surface area contributed by atoms with Crippen LogP contribution in [0.5, 0.6) is 11.8 Å². The molecule has 3 aliphatic heterocycles. The topological polar surface area (TPSA) is 92.0 Å². The van der Waals surface area contributed by atoms with Crippen LogP contribution in [-0.4, -0.2) is 112 Å². The van der Waals surface area contributed by atoms with Crippen LogP contribution in [0.4, 0.5) is 23.4 Å². The third-order valence-electron chi connectivity index (χ3n) is 12.8. The lowest BCUT2D eigenvalue weighted by Gasteiger charge is -2.58. The first-order chi connectivity index (χ1) is 26.3. The van der Waals surface area contributed by atoms with Crippen LogP contribution in [0.2, 0.25) is 0 Å². The van der Waals surface area contributed by atoms with Gasteiger partial charge in [-0.25, -0.2) is 17.6 Å². The van der Waals surface area contributed by atoms with E-state index in [2.05, 4.69) is 20.7 Å². The fourth-order valence-electron chi connectivity index (χ4n) is 10.1. The van der Waals surface area contributed by atoms with Gasteiger partial charge in [0, 0.05) is 79.2 Å². The van der Waals surface area contributed by atoms with E-state index in [0.29, 0.717) is 33.4 Å². The van der Waals surface area contributed by atoms with Gasteiger partial charge in [-0.1, -0.05) is 12.0 Å². The van der Waals surface area contributed by atoms with E-state index in [1.54, 1.807) is 36.9 Å². The van der Waals surface area contributed by atoms with E-state index < -0.39 is 23.0 Å². The molecular weight excluding hydrogens is 714 g/mol. The summed E-state index contributed by atoms with van der Waals surface area (Å²) in [6.45, 7) is 3.02. The number of anilines is 1. The van der Waals surface area contributed by atoms with Crippen molar-refractivity contribution in [2.24, 2.45) is 17.9 Å². The number of aryl methyl sites for hydroxylation is 1. The number of likely N-dealkylation sites (tertiary alicyclic amines) is 1. The largest absolute Gasteiger partial charge is 0.508 e. The lowest BCUT2D eigenvalue weighted by molar-refractivity contribution is -0.185. The summed E-state index contributed by atoms with van der Waals surface area (Å²) in [5.41, 5.74) is -0.933. The van der Waals surface area contributed by atoms with E-state index >= 15 is 8.78 Å². The second-order valence-corrected chi connectivity index (χ2v) is 17.0. The van der Waals surface area contributed by atoms with Gasteiger partial charge in [0.25, 0.3) is 5.92 Å². The van der Waals surface area contributed by atoms with Gasteiger partial charge in [0.2, 0.25) is 0 Å². The lowest BCUT2D eigenvalue weighted by atomic mass is 9.63. The molecular formula is C41H41F4N7O3. The highest BCUT2D eigenvalue weighted by molar-refractivity contribution is 6.18. The Hall–Kier alpha value is -4.71. The highest BCUT2D eigenvalue weighted by Crippen LogP contribution is 2.61. The number of fused-ring (bicyclic) bond motifs is 6. The number of benzene rings is 3. The zero-order valence-corrected chi connectivity index (χ0v) is 30.9. The van der Waals surface area contributed by atoms with Crippen LogP contribution in [0, 0.1) is 34.8 Å². The molecule has 5 fully saturated rings. The molecule has 3 aromatic carbocycles. The molecule has 2 aromatic heterocycles. The maximum Gasteiger partial charge on any atom is 0.319 e. The summed E-state index contributed by atoms with van der Waals surface area (Å²) in [5.74, 6) is -1.71. The Balaban J connectivity index is 1.16. The Morgan fingerprint density at radius 1 is 1.04 bits per heavy atom. The molecule has 0 amide bonds. The van der Waals surface area contributed by atoms with Crippen LogP contribution < -0.4 is 9.64 Å². The number of alkyl halides is 2. The number of nitrogens with zero attached hydrogens (tertiary/aromatic N) is 7. The highest BCUT2D eigenvalue weighted by Gasteiger charge is 2.71. The van der Waals surface area contributed by atoms with Gasteiger partial charge >= 0.3 is 6.01 Å².